The van der Waals surface area contributed by atoms with Crippen LogP contribution in [-0.2, 0) is 10.5 Å². The van der Waals surface area contributed by atoms with Gasteiger partial charge in [0, 0.05) is 24.2 Å². The third kappa shape index (κ3) is 3.41. The number of nitriles is 1. The normalized spacial score (nSPS) is 16.2. The van der Waals surface area contributed by atoms with Crippen molar-refractivity contribution in [2.24, 2.45) is 0 Å². The van der Waals surface area contributed by atoms with Gasteiger partial charge in [0.15, 0.2) is 0 Å². The maximum atomic E-state index is 8.93. The summed E-state index contributed by atoms with van der Waals surface area (Å²) in [4.78, 5) is 0. The Hall–Kier alpha value is -1.18. The van der Waals surface area contributed by atoms with E-state index in [9.17, 15) is 0 Å². The molecule has 0 amide bonds. The summed E-state index contributed by atoms with van der Waals surface area (Å²) in [5.41, 5.74) is 1.81. The third-order valence-corrected chi connectivity index (χ3v) is 4.48. The molecule has 0 N–H and O–H groups in total. The van der Waals surface area contributed by atoms with Gasteiger partial charge in [-0.05, 0) is 30.5 Å². The number of methoxy groups -OCH3 is 1. The van der Waals surface area contributed by atoms with Crippen molar-refractivity contribution < 1.29 is 9.47 Å². The molecule has 0 atom stereocenters. The molecule has 1 aliphatic rings. The van der Waals surface area contributed by atoms with Crippen LogP contribution >= 0.6 is 11.8 Å². The van der Waals surface area contributed by atoms with Gasteiger partial charge in [-0.25, -0.2) is 0 Å². The number of rotatable bonds is 4. The summed E-state index contributed by atoms with van der Waals surface area (Å²) < 4.78 is 10.6. The molecule has 4 heteroatoms. The lowest BCUT2D eigenvalue weighted by Crippen LogP contribution is -2.17. The van der Waals surface area contributed by atoms with Gasteiger partial charge >= 0.3 is 0 Å². The summed E-state index contributed by atoms with van der Waals surface area (Å²) in [6, 6.07) is 7.93. The summed E-state index contributed by atoms with van der Waals surface area (Å²) in [6.07, 6.45) is 2.27. The number of ether oxygens (including phenoxy) is 2. The van der Waals surface area contributed by atoms with E-state index in [0.717, 1.165) is 31.8 Å². The maximum absolute atomic E-state index is 8.93. The number of hydrogen-bond acceptors (Lipinski definition) is 4. The quantitative estimate of drug-likeness (QED) is 0.837. The van der Waals surface area contributed by atoms with Gasteiger partial charge in [-0.3, -0.25) is 0 Å². The van der Waals surface area contributed by atoms with Crippen LogP contribution in [0.1, 0.15) is 24.0 Å². The molecule has 0 unspecified atom stereocenters. The van der Waals surface area contributed by atoms with Crippen LogP contribution in [-0.4, -0.2) is 25.6 Å². The topological polar surface area (TPSA) is 42.2 Å². The van der Waals surface area contributed by atoms with Crippen LogP contribution in [0.15, 0.2) is 18.2 Å². The van der Waals surface area contributed by atoms with E-state index in [1.807, 2.05) is 30.0 Å². The van der Waals surface area contributed by atoms with Gasteiger partial charge in [-0.15, -0.1) is 0 Å². The fourth-order valence-electron chi connectivity index (χ4n) is 1.97. The molecule has 0 spiro atoms. The zero-order valence-corrected chi connectivity index (χ0v) is 11.3. The van der Waals surface area contributed by atoms with Crippen molar-refractivity contribution in [2.45, 2.75) is 23.8 Å². The van der Waals surface area contributed by atoms with E-state index in [1.54, 1.807) is 7.11 Å². The predicted molar refractivity (Wildman–Crippen MR) is 72.8 cm³/mol. The van der Waals surface area contributed by atoms with Crippen molar-refractivity contribution >= 4 is 11.8 Å². The van der Waals surface area contributed by atoms with Gasteiger partial charge in [0.2, 0.25) is 0 Å². The minimum absolute atomic E-state index is 0.595. The van der Waals surface area contributed by atoms with Crippen molar-refractivity contribution in [1.82, 2.24) is 0 Å². The Morgan fingerprint density at radius 2 is 2.22 bits per heavy atom. The van der Waals surface area contributed by atoms with E-state index >= 15 is 0 Å². The number of hydrogen-bond donors (Lipinski definition) is 0. The van der Waals surface area contributed by atoms with Crippen LogP contribution in [0.5, 0.6) is 5.75 Å². The molecular weight excluding hydrogens is 246 g/mol. The van der Waals surface area contributed by atoms with Crippen LogP contribution < -0.4 is 4.74 Å². The van der Waals surface area contributed by atoms with E-state index in [-0.39, 0.29) is 0 Å². The molecule has 96 valence electrons. The summed E-state index contributed by atoms with van der Waals surface area (Å²) in [5.74, 6) is 1.63. The Morgan fingerprint density at radius 1 is 1.44 bits per heavy atom. The van der Waals surface area contributed by atoms with Gasteiger partial charge in [0.05, 0.1) is 12.7 Å². The molecule has 0 radical (unpaired) electrons. The first-order valence-electron chi connectivity index (χ1n) is 6.10. The van der Waals surface area contributed by atoms with Crippen LogP contribution in [0.25, 0.3) is 0 Å². The Balaban J connectivity index is 1.95. The molecule has 1 heterocycles. The monoisotopic (exact) mass is 263 g/mol. The zero-order valence-electron chi connectivity index (χ0n) is 10.5. The number of benzene rings is 1. The van der Waals surface area contributed by atoms with E-state index in [1.165, 1.54) is 5.56 Å². The van der Waals surface area contributed by atoms with Crippen molar-refractivity contribution in [3.05, 3.63) is 29.3 Å². The van der Waals surface area contributed by atoms with Crippen LogP contribution in [0.3, 0.4) is 0 Å². The molecule has 2 rings (SSSR count). The highest BCUT2D eigenvalue weighted by molar-refractivity contribution is 7.99. The van der Waals surface area contributed by atoms with E-state index < -0.39 is 0 Å². The third-order valence-electron chi connectivity index (χ3n) is 3.04. The van der Waals surface area contributed by atoms with Gasteiger partial charge in [0.1, 0.15) is 11.8 Å². The molecule has 0 bridgehead atoms. The van der Waals surface area contributed by atoms with Crippen LogP contribution in [0.4, 0.5) is 0 Å². The van der Waals surface area contributed by atoms with E-state index in [2.05, 4.69) is 6.07 Å². The van der Waals surface area contributed by atoms with E-state index in [0.29, 0.717) is 16.6 Å². The molecule has 18 heavy (non-hydrogen) atoms. The summed E-state index contributed by atoms with van der Waals surface area (Å²) in [7, 11) is 1.60. The van der Waals surface area contributed by atoms with Gasteiger partial charge < -0.3 is 9.47 Å². The minimum atomic E-state index is 0.595. The molecule has 1 aromatic rings. The first kappa shape index (κ1) is 13.3. The van der Waals surface area contributed by atoms with Crippen LogP contribution in [0, 0.1) is 11.3 Å². The fourth-order valence-corrected chi connectivity index (χ4v) is 3.11. The van der Waals surface area contributed by atoms with Gasteiger partial charge in [-0.2, -0.15) is 17.0 Å². The van der Waals surface area contributed by atoms with Crippen molar-refractivity contribution in [2.75, 3.05) is 20.3 Å². The molecule has 1 saturated heterocycles. The molecule has 1 aromatic carbocycles. The highest BCUT2D eigenvalue weighted by atomic mass is 32.2. The van der Waals surface area contributed by atoms with Gasteiger partial charge in [0.25, 0.3) is 0 Å². The minimum Gasteiger partial charge on any atom is -0.495 e. The highest BCUT2D eigenvalue weighted by Crippen LogP contribution is 2.28. The summed E-state index contributed by atoms with van der Waals surface area (Å²) in [6.45, 7) is 1.77. The highest BCUT2D eigenvalue weighted by Gasteiger charge is 2.14. The Morgan fingerprint density at radius 3 is 2.89 bits per heavy atom. The lowest BCUT2D eigenvalue weighted by Gasteiger charge is -2.21. The SMILES string of the molecule is COc1cc(CSC2CCOCC2)ccc1C#N. The summed E-state index contributed by atoms with van der Waals surface area (Å²) in [5, 5.41) is 9.62. The average molecular weight is 263 g/mol. The van der Waals surface area contributed by atoms with Crippen LogP contribution in [0.2, 0.25) is 0 Å². The average Bonchev–Trinajstić information content (AvgIpc) is 2.45. The zero-order chi connectivity index (χ0) is 12.8. The molecule has 0 saturated carbocycles. The maximum Gasteiger partial charge on any atom is 0.136 e. The van der Waals surface area contributed by atoms with Crippen molar-refractivity contribution in [1.29, 1.82) is 5.26 Å². The Labute approximate surface area is 112 Å². The standard InChI is InChI=1S/C14H17NO2S/c1-16-14-8-11(2-3-12(14)9-15)10-18-13-4-6-17-7-5-13/h2-3,8,13H,4-7,10H2,1H3. The second-order valence-electron chi connectivity index (χ2n) is 4.27. The smallest absolute Gasteiger partial charge is 0.136 e. The molecule has 0 aromatic heterocycles. The Kier molecular flexibility index (Phi) is 4.91. The fraction of sp³-hybridized carbons (Fsp3) is 0.500. The van der Waals surface area contributed by atoms with Crippen molar-refractivity contribution in [3.63, 3.8) is 0 Å². The molecule has 1 aliphatic heterocycles. The lowest BCUT2D eigenvalue weighted by molar-refractivity contribution is 0.1000. The summed E-state index contributed by atoms with van der Waals surface area (Å²) >= 11 is 1.96. The number of thioether (sulfide) groups is 1. The molecule has 3 nitrogen and oxygen atoms in total. The van der Waals surface area contributed by atoms with Crippen molar-refractivity contribution in [3.8, 4) is 11.8 Å². The second-order valence-corrected chi connectivity index (χ2v) is 5.56. The second kappa shape index (κ2) is 6.67. The van der Waals surface area contributed by atoms with Gasteiger partial charge in [-0.1, -0.05) is 6.07 Å². The molecule has 1 fully saturated rings. The first-order valence-corrected chi connectivity index (χ1v) is 7.14. The lowest BCUT2D eigenvalue weighted by atomic mass is 10.1. The number of nitrogens with zero attached hydrogens (tertiary/aromatic N) is 1. The first-order chi connectivity index (χ1) is 8.83. The largest absolute Gasteiger partial charge is 0.495 e. The molecular formula is C14H17NO2S. The molecule has 0 aliphatic carbocycles. The van der Waals surface area contributed by atoms with E-state index in [4.69, 9.17) is 14.7 Å². The predicted octanol–water partition coefficient (Wildman–Crippen LogP) is 2.98. The Bertz CT molecular complexity index is 436.